The minimum atomic E-state index is -3.52. The van der Waals surface area contributed by atoms with Crippen LogP contribution in [0, 0.1) is 20.8 Å². The van der Waals surface area contributed by atoms with E-state index in [9.17, 15) is 13.2 Å². The fraction of sp³-hybridized carbons (Fsp3) is 0.350. The van der Waals surface area contributed by atoms with E-state index in [1.54, 1.807) is 11.0 Å². The van der Waals surface area contributed by atoms with E-state index in [-0.39, 0.29) is 12.3 Å². The second kappa shape index (κ2) is 7.70. The van der Waals surface area contributed by atoms with Gasteiger partial charge in [-0.3, -0.25) is 4.90 Å². The number of sulfonamides is 1. The zero-order chi connectivity index (χ0) is 19.6. The van der Waals surface area contributed by atoms with Gasteiger partial charge in [-0.1, -0.05) is 30.3 Å². The standard InChI is InChI=1S/C20H24N2O4S/c1-14-8-15(2)10-18(9-14)22-12-19(26-20(22)23)11-21-27(24,25)13-17-7-5-4-6-16(17)3/h4-10,19,21H,11-13H2,1-3H3. The smallest absolute Gasteiger partial charge is 0.414 e. The highest BCUT2D eigenvalue weighted by Gasteiger charge is 2.33. The fourth-order valence-electron chi connectivity index (χ4n) is 3.19. The number of anilines is 1. The van der Waals surface area contributed by atoms with E-state index >= 15 is 0 Å². The van der Waals surface area contributed by atoms with Crippen molar-refractivity contribution in [3.63, 3.8) is 0 Å². The van der Waals surface area contributed by atoms with Crippen molar-refractivity contribution in [2.75, 3.05) is 18.0 Å². The van der Waals surface area contributed by atoms with E-state index < -0.39 is 22.2 Å². The summed E-state index contributed by atoms with van der Waals surface area (Å²) >= 11 is 0. The largest absolute Gasteiger partial charge is 0.443 e. The summed E-state index contributed by atoms with van der Waals surface area (Å²) in [6, 6.07) is 13.2. The predicted octanol–water partition coefficient (Wildman–Crippen LogP) is 3.06. The van der Waals surface area contributed by atoms with Gasteiger partial charge in [0.15, 0.2) is 0 Å². The Morgan fingerprint density at radius 1 is 1.11 bits per heavy atom. The molecule has 0 aliphatic carbocycles. The molecule has 0 radical (unpaired) electrons. The average molecular weight is 388 g/mol. The van der Waals surface area contributed by atoms with Crippen LogP contribution in [0.4, 0.5) is 10.5 Å². The number of amides is 1. The van der Waals surface area contributed by atoms with Crippen LogP contribution in [0.5, 0.6) is 0 Å². The van der Waals surface area contributed by atoms with E-state index in [1.165, 1.54) is 0 Å². The first-order valence-corrected chi connectivity index (χ1v) is 10.5. The normalized spacial score (nSPS) is 17.2. The highest BCUT2D eigenvalue weighted by Crippen LogP contribution is 2.24. The van der Waals surface area contributed by atoms with E-state index in [4.69, 9.17) is 4.74 Å². The summed E-state index contributed by atoms with van der Waals surface area (Å²) in [5.74, 6) is -0.0961. The first kappa shape index (κ1) is 19.4. The number of cyclic esters (lactones) is 1. The lowest BCUT2D eigenvalue weighted by atomic mass is 10.1. The average Bonchev–Trinajstić information content (AvgIpc) is 2.95. The number of hydrogen-bond acceptors (Lipinski definition) is 4. The van der Waals surface area contributed by atoms with Gasteiger partial charge in [0.05, 0.1) is 12.3 Å². The number of ether oxygens (including phenoxy) is 1. The molecule has 1 unspecified atom stereocenters. The molecule has 7 heteroatoms. The number of rotatable bonds is 6. The lowest BCUT2D eigenvalue weighted by Gasteiger charge is -2.15. The Labute approximate surface area is 160 Å². The summed E-state index contributed by atoms with van der Waals surface area (Å²) in [6.45, 7) is 6.19. The molecular formula is C20H24N2O4S. The summed E-state index contributed by atoms with van der Waals surface area (Å²) < 4.78 is 32.6. The van der Waals surface area contributed by atoms with Crippen molar-refractivity contribution >= 4 is 21.8 Å². The van der Waals surface area contributed by atoms with Crippen LogP contribution < -0.4 is 9.62 Å². The van der Waals surface area contributed by atoms with Crippen molar-refractivity contribution in [3.8, 4) is 0 Å². The number of nitrogens with zero attached hydrogens (tertiary/aromatic N) is 1. The van der Waals surface area contributed by atoms with Crippen LogP contribution in [0.1, 0.15) is 22.3 Å². The van der Waals surface area contributed by atoms with Gasteiger partial charge in [0, 0.05) is 12.2 Å². The Kier molecular flexibility index (Phi) is 5.53. The van der Waals surface area contributed by atoms with E-state index in [2.05, 4.69) is 4.72 Å². The number of benzene rings is 2. The first-order valence-electron chi connectivity index (χ1n) is 8.82. The molecule has 1 fully saturated rings. The summed E-state index contributed by atoms with van der Waals surface area (Å²) in [5, 5.41) is 0. The molecule has 6 nitrogen and oxygen atoms in total. The van der Waals surface area contributed by atoms with Crippen LogP contribution in [0.2, 0.25) is 0 Å². The first-order chi connectivity index (χ1) is 12.7. The molecule has 1 aliphatic heterocycles. The second-order valence-corrected chi connectivity index (χ2v) is 8.80. The second-order valence-electron chi connectivity index (χ2n) is 7.00. The fourth-order valence-corrected chi connectivity index (χ4v) is 4.47. The van der Waals surface area contributed by atoms with Crippen molar-refractivity contribution in [2.24, 2.45) is 0 Å². The highest BCUT2D eigenvalue weighted by atomic mass is 32.2. The summed E-state index contributed by atoms with van der Waals surface area (Å²) in [5.41, 5.74) is 4.56. The van der Waals surface area contributed by atoms with Crippen LogP contribution in [0.15, 0.2) is 42.5 Å². The van der Waals surface area contributed by atoms with Gasteiger partial charge in [-0.05, 0) is 55.2 Å². The molecule has 1 amide bonds. The molecule has 1 heterocycles. The Hall–Kier alpha value is -2.38. The van der Waals surface area contributed by atoms with Crippen molar-refractivity contribution in [3.05, 3.63) is 64.7 Å². The monoisotopic (exact) mass is 388 g/mol. The third-order valence-electron chi connectivity index (χ3n) is 4.53. The molecule has 1 atom stereocenters. The molecule has 0 aromatic heterocycles. The number of carbonyl (C=O) groups excluding carboxylic acids is 1. The number of hydrogen-bond donors (Lipinski definition) is 1. The highest BCUT2D eigenvalue weighted by molar-refractivity contribution is 7.88. The molecule has 0 saturated carbocycles. The molecule has 0 spiro atoms. The maximum atomic E-state index is 12.4. The van der Waals surface area contributed by atoms with Gasteiger partial charge >= 0.3 is 6.09 Å². The third-order valence-corrected chi connectivity index (χ3v) is 5.83. The summed E-state index contributed by atoms with van der Waals surface area (Å²) in [4.78, 5) is 13.7. The van der Waals surface area contributed by atoms with Crippen LogP contribution in [-0.4, -0.2) is 33.7 Å². The minimum Gasteiger partial charge on any atom is -0.443 e. The molecule has 27 heavy (non-hydrogen) atoms. The van der Waals surface area contributed by atoms with Gasteiger partial charge in [0.2, 0.25) is 10.0 Å². The van der Waals surface area contributed by atoms with Crippen molar-refractivity contribution in [1.29, 1.82) is 0 Å². The molecule has 1 saturated heterocycles. The number of aryl methyl sites for hydroxylation is 3. The molecular weight excluding hydrogens is 364 g/mol. The van der Waals surface area contributed by atoms with Crippen LogP contribution in [0.25, 0.3) is 0 Å². The molecule has 2 aromatic carbocycles. The third kappa shape index (κ3) is 4.87. The molecule has 1 aliphatic rings. The van der Waals surface area contributed by atoms with Crippen molar-refractivity contribution in [2.45, 2.75) is 32.6 Å². The lowest BCUT2D eigenvalue weighted by Crippen LogP contribution is -2.35. The van der Waals surface area contributed by atoms with E-state index in [1.807, 2.05) is 57.2 Å². The minimum absolute atomic E-state index is 0.0568. The van der Waals surface area contributed by atoms with Crippen molar-refractivity contribution in [1.82, 2.24) is 4.72 Å². The number of carbonyl (C=O) groups is 1. The quantitative estimate of drug-likeness (QED) is 0.825. The SMILES string of the molecule is Cc1cc(C)cc(N2CC(CNS(=O)(=O)Cc3ccccc3C)OC2=O)c1. The predicted molar refractivity (Wildman–Crippen MR) is 105 cm³/mol. The Bertz CT molecular complexity index is 936. The molecule has 3 rings (SSSR count). The Balaban J connectivity index is 1.62. The van der Waals surface area contributed by atoms with Gasteiger partial charge < -0.3 is 4.74 Å². The Morgan fingerprint density at radius 3 is 2.44 bits per heavy atom. The molecule has 2 aromatic rings. The van der Waals surface area contributed by atoms with E-state index in [0.717, 1.165) is 27.9 Å². The maximum absolute atomic E-state index is 12.4. The van der Waals surface area contributed by atoms with Gasteiger partial charge in [-0.15, -0.1) is 0 Å². The number of nitrogens with one attached hydrogen (secondary N) is 1. The van der Waals surface area contributed by atoms with Crippen LogP contribution in [0.3, 0.4) is 0 Å². The summed E-state index contributed by atoms with van der Waals surface area (Å²) in [7, 11) is -3.52. The zero-order valence-corrected chi connectivity index (χ0v) is 16.5. The molecule has 1 N–H and O–H groups in total. The van der Waals surface area contributed by atoms with E-state index in [0.29, 0.717) is 6.54 Å². The zero-order valence-electron chi connectivity index (χ0n) is 15.7. The van der Waals surface area contributed by atoms with Crippen LogP contribution in [-0.2, 0) is 20.5 Å². The van der Waals surface area contributed by atoms with Gasteiger partial charge in [-0.25, -0.2) is 17.9 Å². The molecule has 0 bridgehead atoms. The van der Waals surface area contributed by atoms with Gasteiger partial charge in [0.1, 0.15) is 6.10 Å². The van der Waals surface area contributed by atoms with Gasteiger partial charge in [-0.2, -0.15) is 0 Å². The maximum Gasteiger partial charge on any atom is 0.414 e. The van der Waals surface area contributed by atoms with Gasteiger partial charge in [0.25, 0.3) is 0 Å². The molecule has 144 valence electrons. The van der Waals surface area contributed by atoms with Crippen LogP contribution >= 0.6 is 0 Å². The van der Waals surface area contributed by atoms with Crippen molar-refractivity contribution < 1.29 is 17.9 Å². The topological polar surface area (TPSA) is 75.7 Å². The Morgan fingerprint density at radius 2 is 1.78 bits per heavy atom. The summed E-state index contributed by atoms with van der Waals surface area (Å²) in [6.07, 6.45) is -0.979. The lowest BCUT2D eigenvalue weighted by molar-refractivity contribution is 0.143.